The number of nitrogens with zero attached hydrogens (tertiary/aromatic N) is 3. The van der Waals surface area contributed by atoms with Crippen molar-refractivity contribution in [1.82, 2.24) is 9.97 Å². The van der Waals surface area contributed by atoms with Gasteiger partial charge >= 0.3 is 0 Å². The first kappa shape index (κ1) is 21.7. The van der Waals surface area contributed by atoms with Gasteiger partial charge in [0.15, 0.2) is 0 Å². The van der Waals surface area contributed by atoms with E-state index in [1.807, 2.05) is 13.0 Å². The predicted molar refractivity (Wildman–Crippen MR) is 121 cm³/mol. The molecule has 0 saturated carbocycles. The summed E-state index contributed by atoms with van der Waals surface area (Å²) in [6.07, 6.45) is 3.35. The monoisotopic (exact) mass is 425 g/mol. The first-order valence-electron chi connectivity index (χ1n) is 10.9. The summed E-state index contributed by atoms with van der Waals surface area (Å²) in [6, 6.07) is 6.12. The highest BCUT2D eigenvalue weighted by atomic mass is 16.5. The largest absolute Gasteiger partial charge is 0.394 e. The molecule has 31 heavy (non-hydrogen) atoms. The lowest BCUT2D eigenvalue weighted by atomic mass is 9.89. The number of benzene rings is 1. The second-order valence-electron chi connectivity index (χ2n) is 8.26. The van der Waals surface area contributed by atoms with Gasteiger partial charge in [0.05, 0.1) is 25.9 Å². The fourth-order valence-electron chi connectivity index (χ4n) is 4.35. The molecule has 2 fully saturated rings. The van der Waals surface area contributed by atoms with Gasteiger partial charge in [-0.05, 0) is 49.9 Å². The third kappa shape index (κ3) is 5.03. The second kappa shape index (κ2) is 9.72. The van der Waals surface area contributed by atoms with E-state index in [9.17, 15) is 5.11 Å². The Morgan fingerprint density at radius 1 is 1.26 bits per heavy atom. The summed E-state index contributed by atoms with van der Waals surface area (Å²) in [5, 5.41) is 20.8. The highest BCUT2D eigenvalue weighted by Crippen LogP contribution is 2.33. The van der Waals surface area contributed by atoms with Crippen molar-refractivity contribution >= 4 is 23.5 Å². The quantitative estimate of drug-likeness (QED) is 0.612. The van der Waals surface area contributed by atoms with Gasteiger partial charge in [0.25, 0.3) is 0 Å². The highest BCUT2D eigenvalue weighted by Gasteiger charge is 2.22. The van der Waals surface area contributed by atoms with E-state index in [-0.39, 0.29) is 12.7 Å². The molecule has 166 valence electrons. The summed E-state index contributed by atoms with van der Waals surface area (Å²) >= 11 is 0. The number of anilines is 3. The Morgan fingerprint density at radius 2 is 2.13 bits per heavy atom. The molecule has 0 bridgehead atoms. The number of hydrogen-bond donors (Lipinski definition) is 3. The second-order valence-corrected chi connectivity index (χ2v) is 8.26. The van der Waals surface area contributed by atoms with Crippen molar-refractivity contribution in [3.63, 3.8) is 0 Å². The Kier molecular flexibility index (Phi) is 6.80. The van der Waals surface area contributed by atoms with Gasteiger partial charge in [-0.1, -0.05) is 0 Å². The summed E-state index contributed by atoms with van der Waals surface area (Å²) in [6.45, 7) is 7.40. The van der Waals surface area contributed by atoms with E-state index < -0.39 is 0 Å². The Bertz CT molecular complexity index is 930. The van der Waals surface area contributed by atoms with Crippen LogP contribution in [0.25, 0.3) is 0 Å². The molecule has 4 rings (SSSR count). The number of nitrogens with one attached hydrogen (secondary N) is 2. The van der Waals surface area contributed by atoms with Gasteiger partial charge in [0.2, 0.25) is 0 Å². The van der Waals surface area contributed by atoms with Crippen molar-refractivity contribution < 1.29 is 14.6 Å². The van der Waals surface area contributed by atoms with E-state index in [1.165, 1.54) is 17.3 Å². The number of morpholine rings is 1. The Labute approximate surface area is 183 Å². The van der Waals surface area contributed by atoms with Crippen LogP contribution in [0.3, 0.4) is 0 Å². The van der Waals surface area contributed by atoms with Crippen LogP contribution in [-0.2, 0) is 9.47 Å². The molecule has 2 aliphatic rings. The van der Waals surface area contributed by atoms with Crippen LogP contribution in [-0.4, -0.2) is 66.9 Å². The minimum atomic E-state index is -0.206. The van der Waals surface area contributed by atoms with Crippen molar-refractivity contribution in [2.45, 2.75) is 38.7 Å². The number of ether oxygens (including phenoxy) is 2. The van der Waals surface area contributed by atoms with Gasteiger partial charge in [-0.2, -0.15) is 0 Å². The zero-order chi connectivity index (χ0) is 21.8. The number of hydrogen-bond acceptors (Lipinski definition) is 8. The number of aliphatic hydroxyl groups excluding tert-OH is 1. The zero-order valence-electron chi connectivity index (χ0n) is 18.2. The number of aliphatic hydroxyl groups is 1. The number of aryl methyl sites for hydroxylation is 2. The first-order valence-corrected chi connectivity index (χ1v) is 10.9. The molecule has 2 saturated heterocycles. The van der Waals surface area contributed by atoms with Gasteiger partial charge in [-0.3, -0.25) is 0 Å². The molecular formula is C23H31N5O3. The number of rotatable bonds is 6. The molecule has 1 aromatic carbocycles. The maximum Gasteiger partial charge on any atom is 0.136 e. The molecule has 2 aliphatic heterocycles. The van der Waals surface area contributed by atoms with Gasteiger partial charge in [-0.25, -0.2) is 9.97 Å². The summed E-state index contributed by atoms with van der Waals surface area (Å²) in [4.78, 5) is 11.3. The first-order chi connectivity index (χ1) is 15.1. The molecule has 0 aliphatic carbocycles. The molecule has 2 atom stereocenters. The van der Waals surface area contributed by atoms with E-state index in [4.69, 9.17) is 14.9 Å². The molecule has 0 amide bonds. The van der Waals surface area contributed by atoms with Crippen LogP contribution >= 0.6 is 0 Å². The third-order valence-corrected chi connectivity index (χ3v) is 5.95. The summed E-state index contributed by atoms with van der Waals surface area (Å²) in [5.41, 5.74) is 4.13. The maximum atomic E-state index is 9.45. The average molecular weight is 426 g/mol. The fraction of sp³-hybridized carbons (Fsp3) is 0.522. The molecular weight excluding hydrogens is 394 g/mol. The SMILES string of the molecule is Cc1nc(Nc2cc(C3CCCOC3)c(C)cc2C=N)cc(N2CCOC(CO)C2)n1. The lowest BCUT2D eigenvalue weighted by molar-refractivity contribution is 0.00335. The summed E-state index contributed by atoms with van der Waals surface area (Å²) in [5.74, 6) is 2.53. The minimum Gasteiger partial charge on any atom is -0.394 e. The van der Waals surface area contributed by atoms with Crippen molar-refractivity contribution in [1.29, 1.82) is 5.41 Å². The third-order valence-electron chi connectivity index (χ3n) is 5.95. The van der Waals surface area contributed by atoms with E-state index in [1.54, 1.807) is 0 Å². The smallest absolute Gasteiger partial charge is 0.136 e. The maximum absolute atomic E-state index is 9.45. The molecule has 3 N–H and O–H groups in total. The minimum absolute atomic E-state index is 0.00854. The Morgan fingerprint density at radius 3 is 2.87 bits per heavy atom. The molecule has 0 radical (unpaired) electrons. The molecule has 3 heterocycles. The highest BCUT2D eigenvalue weighted by molar-refractivity contribution is 5.88. The van der Waals surface area contributed by atoms with Crippen LogP contribution in [0.2, 0.25) is 0 Å². The van der Waals surface area contributed by atoms with Crippen molar-refractivity contribution in [3.8, 4) is 0 Å². The average Bonchev–Trinajstić information content (AvgIpc) is 2.80. The van der Waals surface area contributed by atoms with E-state index in [0.29, 0.717) is 37.3 Å². The topological polar surface area (TPSA) is 104 Å². The van der Waals surface area contributed by atoms with Crippen LogP contribution < -0.4 is 10.2 Å². The fourth-order valence-corrected chi connectivity index (χ4v) is 4.35. The van der Waals surface area contributed by atoms with Gasteiger partial charge in [0, 0.05) is 49.1 Å². The molecule has 2 unspecified atom stereocenters. The molecule has 8 heteroatoms. The van der Waals surface area contributed by atoms with Crippen LogP contribution in [0.5, 0.6) is 0 Å². The standard InChI is InChI=1S/C23H31N5O3/c1-15-8-18(11-24)21(9-20(15)17-4-3-6-30-14-17)27-22-10-23(26-16(2)25-22)28-5-7-31-19(12-28)13-29/h8-11,17,19,24,29H,3-7,12-14H2,1-2H3,(H,25,26,27). The normalized spacial score (nSPS) is 21.7. The Hall–Kier alpha value is -2.55. The van der Waals surface area contributed by atoms with E-state index >= 15 is 0 Å². The lowest BCUT2D eigenvalue weighted by Gasteiger charge is -2.33. The zero-order valence-corrected chi connectivity index (χ0v) is 18.2. The number of aromatic nitrogens is 2. The van der Waals surface area contributed by atoms with Crippen molar-refractivity contribution in [2.24, 2.45) is 0 Å². The molecule has 0 spiro atoms. The van der Waals surface area contributed by atoms with Crippen LogP contribution in [0.15, 0.2) is 18.2 Å². The van der Waals surface area contributed by atoms with Crippen LogP contribution in [0.1, 0.15) is 41.3 Å². The summed E-state index contributed by atoms with van der Waals surface area (Å²) < 4.78 is 11.3. The van der Waals surface area contributed by atoms with Crippen LogP contribution in [0, 0.1) is 19.3 Å². The molecule has 1 aromatic heterocycles. The van der Waals surface area contributed by atoms with Gasteiger partial charge in [0.1, 0.15) is 17.5 Å². The summed E-state index contributed by atoms with van der Waals surface area (Å²) in [7, 11) is 0. The van der Waals surface area contributed by atoms with Gasteiger partial charge in [-0.15, -0.1) is 0 Å². The molecule has 8 nitrogen and oxygen atoms in total. The molecule has 2 aromatic rings. The van der Waals surface area contributed by atoms with Crippen LogP contribution in [0.4, 0.5) is 17.3 Å². The van der Waals surface area contributed by atoms with E-state index in [0.717, 1.165) is 43.1 Å². The Balaban J connectivity index is 1.62. The van der Waals surface area contributed by atoms with Crippen molar-refractivity contribution in [2.75, 3.05) is 49.7 Å². The predicted octanol–water partition coefficient (Wildman–Crippen LogP) is 2.93. The lowest BCUT2D eigenvalue weighted by Crippen LogP contribution is -2.44. The van der Waals surface area contributed by atoms with Crippen molar-refractivity contribution in [3.05, 3.63) is 40.7 Å². The van der Waals surface area contributed by atoms with E-state index in [2.05, 4.69) is 39.2 Å². The van der Waals surface area contributed by atoms with Gasteiger partial charge < -0.3 is 30.2 Å².